The number of ether oxygens (including phenoxy) is 1. The van der Waals surface area contributed by atoms with Gasteiger partial charge in [0.25, 0.3) is 0 Å². The number of benzene rings is 3. The fraction of sp³-hybridized carbons (Fsp3) is 0.174. The predicted molar refractivity (Wildman–Crippen MR) is 115 cm³/mol. The van der Waals surface area contributed by atoms with Crippen LogP contribution in [0.15, 0.2) is 87.6 Å². The minimum atomic E-state index is 0.333. The van der Waals surface area contributed by atoms with Crippen LogP contribution in [0.2, 0.25) is 0 Å². The number of hydrogen-bond donors (Lipinski definition) is 0. The van der Waals surface area contributed by atoms with Crippen LogP contribution in [0.25, 0.3) is 0 Å². The molecule has 4 heteroatoms. The Bertz CT molecular complexity index is 1010. The summed E-state index contributed by atoms with van der Waals surface area (Å²) in [6.07, 6.45) is 0. The third-order valence-electron chi connectivity index (χ3n) is 5.10. The van der Waals surface area contributed by atoms with Gasteiger partial charge >= 0.3 is 0 Å². The summed E-state index contributed by atoms with van der Waals surface area (Å²) in [5.74, 6) is 2.32. The number of fused-ring (bicyclic) bond motifs is 4. The van der Waals surface area contributed by atoms with Crippen molar-refractivity contribution in [1.29, 1.82) is 0 Å². The van der Waals surface area contributed by atoms with Crippen LogP contribution in [0, 0.1) is 5.92 Å². The molecule has 2 heterocycles. The van der Waals surface area contributed by atoms with Gasteiger partial charge < -0.3 is 4.74 Å². The van der Waals surface area contributed by atoms with Crippen LogP contribution in [-0.2, 0) is 0 Å². The van der Waals surface area contributed by atoms with Crippen LogP contribution < -0.4 is 4.74 Å². The van der Waals surface area contributed by atoms with Gasteiger partial charge in [-0.15, -0.1) is 23.5 Å². The fourth-order valence-electron chi connectivity index (χ4n) is 3.73. The monoisotopic (exact) mass is 389 g/mol. The Balaban J connectivity index is 1.66. The van der Waals surface area contributed by atoms with Gasteiger partial charge in [-0.05, 0) is 35.9 Å². The Morgan fingerprint density at radius 3 is 2.44 bits per heavy atom. The molecular weight excluding hydrogens is 370 g/mol. The van der Waals surface area contributed by atoms with Crippen molar-refractivity contribution in [3.8, 4) is 5.75 Å². The van der Waals surface area contributed by atoms with E-state index in [0.29, 0.717) is 11.2 Å². The molecule has 0 N–H and O–H groups in total. The highest BCUT2D eigenvalue weighted by atomic mass is 32.2. The maximum Gasteiger partial charge on any atom is 0.118 e. The average Bonchev–Trinajstić information content (AvgIpc) is 2.91. The molecule has 3 aromatic rings. The normalized spacial score (nSPS) is 20.6. The first kappa shape index (κ1) is 17.0. The van der Waals surface area contributed by atoms with Gasteiger partial charge in [0.05, 0.1) is 18.5 Å². The van der Waals surface area contributed by atoms with Crippen molar-refractivity contribution in [2.45, 2.75) is 15.0 Å². The molecule has 2 unspecified atom stereocenters. The summed E-state index contributed by atoms with van der Waals surface area (Å²) in [5, 5.41) is 0.333. The molecule has 0 fully saturated rings. The van der Waals surface area contributed by atoms with Gasteiger partial charge in [0.1, 0.15) is 5.75 Å². The summed E-state index contributed by atoms with van der Waals surface area (Å²) in [6.45, 7) is 0. The maximum atomic E-state index is 5.36. The summed E-state index contributed by atoms with van der Waals surface area (Å²) in [7, 11) is 1.71. The first-order chi connectivity index (χ1) is 13.3. The molecule has 0 saturated heterocycles. The van der Waals surface area contributed by atoms with E-state index in [1.165, 1.54) is 26.6 Å². The molecule has 2 aliphatic heterocycles. The zero-order valence-electron chi connectivity index (χ0n) is 15.0. The molecule has 3 aromatic carbocycles. The molecule has 27 heavy (non-hydrogen) atoms. The summed E-state index contributed by atoms with van der Waals surface area (Å²) < 4.78 is 5.36. The minimum absolute atomic E-state index is 0.333. The third-order valence-corrected chi connectivity index (χ3v) is 7.75. The van der Waals surface area contributed by atoms with Crippen LogP contribution in [0.4, 0.5) is 5.69 Å². The largest absolute Gasteiger partial charge is 0.497 e. The first-order valence-electron chi connectivity index (χ1n) is 9.04. The second kappa shape index (κ2) is 7.10. The van der Waals surface area contributed by atoms with Crippen LogP contribution in [0.3, 0.4) is 0 Å². The van der Waals surface area contributed by atoms with E-state index >= 15 is 0 Å². The standard InChI is InChI=1S/C23H19NOS2/c1-25-16-12-10-15(11-13-16)23-18-14-26-20-8-4-2-6-17(20)22(18)24-19-7-3-5-9-21(19)27-23/h2-13,18,23H,14H2,1H3. The van der Waals surface area contributed by atoms with E-state index in [4.69, 9.17) is 9.73 Å². The highest BCUT2D eigenvalue weighted by molar-refractivity contribution is 8.00. The van der Waals surface area contributed by atoms with Gasteiger partial charge in [0, 0.05) is 32.3 Å². The van der Waals surface area contributed by atoms with Crippen molar-refractivity contribution < 1.29 is 4.74 Å². The molecule has 0 bridgehead atoms. The van der Waals surface area contributed by atoms with Crippen LogP contribution in [-0.4, -0.2) is 18.6 Å². The van der Waals surface area contributed by atoms with Crippen molar-refractivity contribution in [2.75, 3.05) is 12.9 Å². The lowest BCUT2D eigenvalue weighted by Crippen LogP contribution is -2.27. The first-order valence-corrected chi connectivity index (χ1v) is 10.9. The SMILES string of the molecule is COc1ccc(C2Sc3ccccc3N=C3c4ccccc4SCC32)cc1. The maximum absolute atomic E-state index is 5.36. The number of rotatable bonds is 2. The van der Waals surface area contributed by atoms with E-state index < -0.39 is 0 Å². The quantitative estimate of drug-likeness (QED) is 0.507. The molecule has 2 nitrogen and oxygen atoms in total. The molecule has 0 saturated carbocycles. The van der Waals surface area contributed by atoms with Gasteiger partial charge in [-0.25, -0.2) is 0 Å². The van der Waals surface area contributed by atoms with E-state index in [2.05, 4.69) is 72.8 Å². The number of thioether (sulfide) groups is 2. The highest BCUT2D eigenvalue weighted by Gasteiger charge is 2.36. The van der Waals surface area contributed by atoms with Crippen molar-refractivity contribution in [2.24, 2.45) is 10.9 Å². The van der Waals surface area contributed by atoms with Gasteiger partial charge in [0.2, 0.25) is 0 Å². The topological polar surface area (TPSA) is 21.6 Å². The van der Waals surface area contributed by atoms with Gasteiger partial charge in [-0.2, -0.15) is 0 Å². The second-order valence-electron chi connectivity index (χ2n) is 6.69. The van der Waals surface area contributed by atoms with Gasteiger partial charge in [-0.3, -0.25) is 4.99 Å². The van der Waals surface area contributed by atoms with Crippen molar-refractivity contribution in [1.82, 2.24) is 0 Å². The second-order valence-corrected chi connectivity index (χ2v) is 8.94. The summed E-state index contributed by atoms with van der Waals surface area (Å²) in [4.78, 5) is 7.76. The molecular formula is C23H19NOS2. The molecule has 0 radical (unpaired) electrons. The predicted octanol–water partition coefficient (Wildman–Crippen LogP) is 6.38. The number of methoxy groups -OCH3 is 1. The third kappa shape index (κ3) is 3.07. The Kier molecular flexibility index (Phi) is 4.46. The minimum Gasteiger partial charge on any atom is -0.497 e. The van der Waals surface area contributed by atoms with E-state index in [1.807, 2.05) is 23.5 Å². The van der Waals surface area contributed by atoms with Crippen molar-refractivity contribution in [3.05, 3.63) is 83.9 Å². The Morgan fingerprint density at radius 1 is 0.889 bits per heavy atom. The molecule has 134 valence electrons. The summed E-state index contributed by atoms with van der Waals surface area (Å²) in [5.41, 5.74) is 4.92. The zero-order chi connectivity index (χ0) is 18.2. The van der Waals surface area contributed by atoms with Gasteiger partial charge in [0.15, 0.2) is 0 Å². The molecule has 2 atom stereocenters. The Morgan fingerprint density at radius 2 is 1.63 bits per heavy atom. The highest BCUT2D eigenvalue weighted by Crippen LogP contribution is 2.51. The fourth-order valence-corrected chi connectivity index (χ4v) is 6.41. The number of para-hydroxylation sites is 1. The molecule has 5 rings (SSSR count). The molecule has 0 amide bonds. The summed E-state index contributed by atoms with van der Waals surface area (Å²) >= 11 is 3.89. The van der Waals surface area contributed by atoms with E-state index in [0.717, 1.165) is 17.2 Å². The van der Waals surface area contributed by atoms with E-state index in [-0.39, 0.29) is 0 Å². The van der Waals surface area contributed by atoms with Crippen LogP contribution in [0.5, 0.6) is 5.75 Å². The Hall–Kier alpha value is -2.17. The lowest BCUT2D eigenvalue weighted by Gasteiger charge is -2.31. The average molecular weight is 390 g/mol. The molecule has 2 aliphatic rings. The number of nitrogens with zero attached hydrogens (tertiary/aromatic N) is 1. The van der Waals surface area contributed by atoms with E-state index in [1.54, 1.807) is 7.11 Å². The lowest BCUT2D eigenvalue weighted by atomic mass is 9.90. The molecule has 0 aromatic heterocycles. The smallest absolute Gasteiger partial charge is 0.118 e. The number of hydrogen-bond acceptors (Lipinski definition) is 4. The van der Waals surface area contributed by atoms with Gasteiger partial charge in [-0.1, -0.05) is 42.5 Å². The Labute approximate surface area is 168 Å². The lowest BCUT2D eigenvalue weighted by molar-refractivity contribution is 0.414. The molecule has 0 spiro atoms. The van der Waals surface area contributed by atoms with Crippen LogP contribution in [0.1, 0.15) is 16.4 Å². The van der Waals surface area contributed by atoms with Crippen molar-refractivity contribution in [3.63, 3.8) is 0 Å². The van der Waals surface area contributed by atoms with E-state index in [9.17, 15) is 0 Å². The zero-order valence-corrected chi connectivity index (χ0v) is 16.6. The summed E-state index contributed by atoms with van der Waals surface area (Å²) in [6, 6.07) is 25.7. The number of aliphatic imine (C=N–C) groups is 1. The van der Waals surface area contributed by atoms with Crippen LogP contribution >= 0.6 is 23.5 Å². The molecule has 0 aliphatic carbocycles. The van der Waals surface area contributed by atoms with Crippen molar-refractivity contribution >= 4 is 34.9 Å².